The van der Waals surface area contributed by atoms with E-state index in [1.54, 1.807) is 22.4 Å². The molecule has 6 rings (SSSR count). The van der Waals surface area contributed by atoms with Crippen molar-refractivity contribution in [1.82, 2.24) is 0 Å². The van der Waals surface area contributed by atoms with E-state index in [4.69, 9.17) is 0 Å². The number of para-hydroxylation sites is 1. The summed E-state index contributed by atoms with van der Waals surface area (Å²) in [5.74, 6) is 0.722. The van der Waals surface area contributed by atoms with Crippen LogP contribution in [0.25, 0.3) is 0 Å². The Morgan fingerprint density at radius 2 is 2.17 bits per heavy atom. The second kappa shape index (κ2) is 4.16. The number of likely N-dealkylation sites (N-methyl/N-ethyl adjacent to an activating group) is 1. The summed E-state index contributed by atoms with van der Waals surface area (Å²) in [7, 11) is 2.54. The topological polar surface area (TPSA) is 3.24 Å². The SMILES string of the molecule is C/C=C1\C[N@+]2(C)CC[C@@]34c5ccccc5N5CCC=C([C@H]1C[C@H]32)[C@H]54. The number of fused-ring (bicyclic) bond motifs is 4. The lowest BCUT2D eigenvalue weighted by Gasteiger charge is -2.56. The van der Waals surface area contributed by atoms with E-state index in [2.05, 4.69) is 55.3 Å². The Morgan fingerprint density at radius 1 is 1.29 bits per heavy atom. The largest absolute Gasteiger partial charge is 0.363 e. The molecule has 0 amide bonds. The minimum atomic E-state index is 0.382. The van der Waals surface area contributed by atoms with Gasteiger partial charge in [-0.25, -0.2) is 0 Å². The molecule has 3 fully saturated rings. The Morgan fingerprint density at radius 3 is 3.04 bits per heavy atom. The fraction of sp³-hybridized carbons (Fsp3) is 0.545. The summed E-state index contributed by atoms with van der Waals surface area (Å²) in [6, 6.07) is 10.8. The Labute approximate surface area is 145 Å². The number of hydrogen-bond donors (Lipinski definition) is 0. The van der Waals surface area contributed by atoms with Crippen molar-refractivity contribution in [2.75, 3.05) is 31.6 Å². The van der Waals surface area contributed by atoms with E-state index in [0.717, 1.165) is 12.0 Å². The molecule has 0 radical (unpaired) electrons. The van der Waals surface area contributed by atoms with Crippen LogP contribution in [-0.2, 0) is 5.41 Å². The predicted octanol–water partition coefficient (Wildman–Crippen LogP) is 3.64. The van der Waals surface area contributed by atoms with Crippen LogP contribution >= 0.6 is 0 Å². The highest BCUT2D eigenvalue weighted by Crippen LogP contribution is 2.65. The van der Waals surface area contributed by atoms with Crippen LogP contribution in [0.15, 0.2) is 47.6 Å². The van der Waals surface area contributed by atoms with Crippen molar-refractivity contribution in [3.8, 4) is 0 Å². The fourth-order valence-corrected chi connectivity index (χ4v) is 7.37. The van der Waals surface area contributed by atoms with Crippen LogP contribution in [0.4, 0.5) is 5.69 Å². The first kappa shape index (κ1) is 13.7. The summed E-state index contributed by atoms with van der Waals surface area (Å²) in [5, 5.41) is 0. The molecule has 4 heterocycles. The Bertz CT molecular complexity index is 806. The van der Waals surface area contributed by atoms with Crippen LogP contribution in [0.3, 0.4) is 0 Å². The molecule has 124 valence electrons. The summed E-state index contributed by atoms with van der Waals surface area (Å²) in [6.07, 6.45) is 9.04. The van der Waals surface area contributed by atoms with Crippen molar-refractivity contribution in [1.29, 1.82) is 0 Å². The van der Waals surface area contributed by atoms with Gasteiger partial charge in [0.1, 0.15) is 12.6 Å². The van der Waals surface area contributed by atoms with Gasteiger partial charge in [0.25, 0.3) is 0 Å². The summed E-state index contributed by atoms with van der Waals surface area (Å²) >= 11 is 0. The summed E-state index contributed by atoms with van der Waals surface area (Å²) in [6.45, 7) is 6.10. The van der Waals surface area contributed by atoms with Crippen molar-refractivity contribution in [3.05, 3.63) is 53.1 Å². The monoisotopic (exact) mass is 319 g/mol. The van der Waals surface area contributed by atoms with Gasteiger partial charge >= 0.3 is 0 Å². The third-order valence-electron chi connectivity index (χ3n) is 8.19. The molecule has 2 nitrogen and oxygen atoms in total. The smallest absolute Gasteiger partial charge is 0.102 e. The number of allylic oxidation sites excluding steroid dienone is 1. The number of hydrogen-bond acceptors (Lipinski definition) is 1. The van der Waals surface area contributed by atoms with Crippen molar-refractivity contribution in [2.24, 2.45) is 5.92 Å². The summed E-state index contributed by atoms with van der Waals surface area (Å²) in [4.78, 5) is 2.79. The molecule has 5 atom stereocenters. The number of piperidine rings is 1. The zero-order valence-corrected chi connectivity index (χ0v) is 14.8. The number of nitrogens with zero attached hydrogens (tertiary/aromatic N) is 2. The molecular weight excluding hydrogens is 292 g/mol. The summed E-state index contributed by atoms with van der Waals surface area (Å²) < 4.78 is 1.28. The first-order valence-electron chi connectivity index (χ1n) is 9.74. The molecule has 5 aliphatic rings. The van der Waals surface area contributed by atoms with Gasteiger partial charge in [-0.1, -0.05) is 30.4 Å². The van der Waals surface area contributed by atoms with Crippen molar-refractivity contribution in [3.63, 3.8) is 0 Å². The summed E-state index contributed by atoms with van der Waals surface area (Å²) in [5.41, 5.74) is 7.10. The van der Waals surface area contributed by atoms with Crippen LogP contribution in [0.5, 0.6) is 0 Å². The minimum Gasteiger partial charge on any atom is -0.363 e. The maximum absolute atomic E-state index is 2.79. The molecular formula is C22H27N2+. The Hall–Kier alpha value is -1.54. The van der Waals surface area contributed by atoms with Gasteiger partial charge in [-0.05, 0) is 36.1 Å². The maximum Gasteiger partial charge on any atom is 0.102 e. The van der Waals surface area contributed by atoms with Gasteiger partial charge in [0.2, 0.25) is 0 Å². The van der Waals surface area contributed by atoms with Crippen LogP contribution in [-0.4, -0.2) is 43.2 Å². The second-order valence-electron chi connectivity index (χ2n) is 8.93. The molecule has 0 unspecified atom stereocenters. The van der Waals surface area contributed by atoms with Crippen molar-refractivity contribution >= 4 is 5.69 Å². The minimum absolute atomic E-state index is 0.382. The van der Waals surface area contributed by atoms with E-state index in [0.29, 0.717) is 11.5 Å². The van der Waals surface area contributed by atoms with Gasteiger partial charge in [0, 0.05) is 31.0 Å². The third kappa shape index (κ3) is 1.29. The number of rotatable bonds is 0. The van der Waals surface area contributed by atoms with Crippen LogP contribution in [0.2, 0.25) is 0 Å². The van der Waals surface area contributed by atoms with Crippen molar-refractivity contribution < 1.29 is 4.48 Å². The molecule has 1 aromatic rings. The lowest BCUT2D eigenvalue weighted by molar-refractivity contribution is -0.924. The first-order chi connectivity index (χ1) is 11.7. The van der Waals surface area contributed by atoms with Gasteiger partial charge < -0.3 is 9.38 Å². The first-order valence-corrected chi connectivity index (χ1v) is 9.74. The lowest BCUT2D eigenvalue weighted by atomic mass is 9.57. The van der Waals surface area contributed by atoms with E-state index in [1.165, 1.54) is 43.4 Å². The molecule has 0 N–H and O–H groups in total. The van der Waals surface area contributed by atoms with E-state index in [9.17, 15) is 0 Å². The van der Waals surface area contributed by atoms with E-state index < -0.39 is 0 Å². The van der Waals surface area contributed by atoms with Gasteiger partial charge in [-0.3, -0.25) is 0 Å². The molecule has 1 spiro atoms. The van der Waals surface area contributed by atoms with Crippen LogP contribution in [0, 0.1) is 5.92 Å². The molecule has 4 aliphatic heterocycles. The standard InChI is InChI=1S/C22H27N2/c1-3-15-14-24(2)12-10-22-18-8-4-5-9-19(18)23-11-6-7-16(21(22)23)17(15)13-20(22)24/h3-5,7-9,17,20-21H,6,10-14H2,1-2H3/q+1/b15-3+/t17-,20+,21-,22+,24-/m0/s1. The molecule has 1 aliphatic carbocycles. The molecule has 1 aromatic carbocycles. The number of quaternary nitrogens is 1. The Kier molecular flexibility index (Phi) is 2.38. The Balaban J connectivity index is 1.67. The molecule has 0 aromatic heterocycles. The fourth-order valence-electron chi connectivity index (χ4n) is 7.37. The average molecular weight is 319 g/mol. The lowest BCUT2D eigenvalue weighted by Crippen LogP contribution is -2.67. The maximum atomic E-state index is 2.79. The van der Waals surface area contributed by atoms with Gasteiger partial charge in [0.05, 0.1) is 25.0 Å². The second-order valence-corrected chi connectivity index (χ2v) is 8.93. The molecule has 2 saturated heterocycles. The van der Waals surface area contributed by atoms with Crippen molar-refractivity contribution in [2.45, 2.75) is 43.7 Å². The van der Waals surface area contributed by atoms with Gasteiger partial charge in [0.15, 0.2) is 0 Å². The quantitative estimate of drug-likeness (QED) is 0.521. The number of benzene rings is 1. The third-order valence-corrected chi connectivity index (χ3v) is 8.19. The normalized spacial score (nSPS) is 45.9. The zero-order chi connectivity index (χ0) is 16.1. The highest BCUT2D eigenvalue weighted by atomic mass is 15.4. The highest BCUT2D eigenvalue weighted by molar-refractivity contribution is 5.70. The van der Waals surface area contributed by atoms with Gasteiger partial charge in [-0.2, -0.15) is 0 Å². The predicted molar refractivity (Wildman–Crippen MR) is 98.1 cm³/mol. The van der Waals surface area contributed by atoms with E-state index in [1.807, 2.05) is 0 Å². The molecule has 24 heavy (non-hydrogen) atoms. The molecule has 2 bridgehead atoms. The van der Waals surface area contributed by atoms with Crippen LogP contribution < -0.4 is 4.90 Å². The molecule has 1 saturated carbocycles. The molecule has 2 heteroatoms. The number of anilines is 1. The highest BCUT2D eigenvalue weighted by Gasteiger charge is 2.71. The van der Waals surface area contributed by atoms with E-state index in [-0.39, 0.29) is 0 Å². The average Bonchev–Trinajstić information content (AvgIpc) is 3.11. The van der Waals surface area contributed by atoms with Crippen LogP contribution in [0.1, 0.15) is 31.7 Å². The zero-order valence-electron chi connectivity index (χ0n) is 14.8. The van der Waals surface area contributed by atoms with Gasteiger partial charge in [-0.15, -0.1) is 0 Å². The van der Waals surface area contributed by atoms with E-state index >= 15 is 0 Å².